The van der Waals surface area contributed by atoms with Crippen LogP contribution in [-0.4, -0.2) is 37.7 Å². The van der Waals surface area contributed by atoms with E-state index in [9.17, 15) is 9.59 Å². The van der Waals surface area contributed by atoms with Gasteiger partial charge in [-0.3, -0.25) is 0 Å². The molecule has 0 radical (unpaired) electrons. The highest BCUT2D eigenvalue weighted by Crippen LogP contribution is 2.72. The van der Waals surface area contributed by atoms with E-state index in [1.165, 1.54) is 203 Å². The summed E-state index contributed by atoms with van der Waals surface area (Å²) in [5.41, 5.74) is 0. The Kier molecular flexibility index (Phi) is 23.8. The van der Waals surface area contributed by atoms with Gasteiger partial charge in [-0.1, -0.05) is 224 Å². The molecule has 4 aliphatic heterocycles. The summed E-state index contributed by atoms with van der Waals surface area (Å²) in [5.74, 6) is 1.44. The van der Waals surface area contributed by atoms with Gasteiger partial charge in [0.2, 0.25) is 0 Å². The average Bonchev–Trinajstić information content (AvgIpc) is 3.95. The van der Waals surface area contributed by atoms with E-state index in [0.717, 1.165) is 8.47 Å². The lowest BCUT2D eigenvalue weighted by Gasteiger charge is -2.07. The molecule has 0 fully saturated rings. The third-order valence-electron chi connectivity index (χ3n) is 8.58. The molecular weight excluding hydrogens is 841 g/mol. The van der Waals surface area contributed by atoms with Gasteiger partial charge in [-0.15, -0.1) is 23.5 Å². The number of carbonyl (C=O) groups excluding carboxylic acids is 2. The van der Waals surface area contributed by atoms with Gasteiger partial charge in [0.1, 0.15) is 9.81 Å². The van der Waals surface area contributed by atoms with E-state index in [1.54, 1.807) is 23.5 Å². The van der Waals surface area contributed by atoms with Crippen molar-refractivity contribution in [3.05, 3.63) is 43.7 Å². The zero-order valence-corrected chi connectivity index (χ0v) is 39.4. The summed E-state index contributed by atoms with van der Waals surface area (Å²) in [5, 5.41) is 0. The summed E-state index contributed by atoms with van der Waals surface area (Å²) in [6.45, 7) is 4.58. The van der Waals surface area contributed by atoms with Crippen molar-refractivity contribution >= 4 is 130 Å². The normalized spacial score (nSPS) is 17.5. The first kappa shape index (κ1) is 45.8. The molecular formula is C38H56O4S10. The molecule has 14 heteroatoms. The van der Waals surface area contributed by atoms with Gasteiger partial charge in [0.05, 0.1) is 48.1 Å². The molecule has 0 aliphatic carbocycles. The van der Waals surface area contributed by atoms with Crippen LogP contribution in [0.1, 0.15) is 142 Å². The van der Waals surface area contributed by atoms with Gasteiger partial charge in [-0.2, -0.15) is 0 Å². The van der Waals surface area contributed by atoms with Gasteiger partial charge >= 0.3 is 11.9 Å². The van der Waals surface area contributed by atoms with Crippen LogP contribution in [0.15, 0.2) is 43.7 Å². The van der Waals surface area contributed by atoms with Crippen molar-refractivity contribution in [3.8, 4) is 0 Å². The van der Waals surface area contributed by atoms with E-state index in [4.69, 9.17) is 9.47 Å². The Bertz CT molecular complexity index is 1260. The highest BCUT2D eigenvalue weighted by atomic mass is 32.3. The number of hydrogen-bond donors (Lipinski definition) is 0. The SMILES string of the molecule is CCCCCCCCCCCCSC1=C(SCCCCCCCCCCCC)SC(=C2SC3=C(S2)SC(=C2SC(C(=O)OC)=C(C(=O)OC)S2)S3)S1. The lowest BCUT2D eigenvalue weighted by atomic mass is 10.1. The lowest BCUT2D eigenvalue weighted by molar-refractivity contribution is -0.138. The average molecular weight is 898 g/mol. The van der Waals surface area contributed by atoms with Crippen LogP contribution in [0, 0.1) is 0 Å². The minimum Gasteiger partial charge on any atom is -0.465 e. The zero-order chi connectivity index (χ0) is 37.0. The molecule has 0 N–H and O–H groups in total. The van der Waals surface area contributed by atoms with Crippen LogP contribution in [0.3, 0.4) is 0 Å². The van der Waals surface area contributed by atoms with E-state index in [0.29, 0.717) is 9.81 Å². The molecule has 0 amide bonds. The second-order valence-electron chi connectivity index (χ2n) is 12.8. The predicted octanol–water partition coefficient (Wildman–Crippen LogP) is 16.3. The van der Waals surface area contributed by atoms with Gasteiger partial charge in [0.15, 0.2) is 0 Å². The maximum absolute atomic E-state index is 12.4. The maximum Gasteiger partial charge on any atom is 0.346 e. The Labute approximate surface area is 357 Å². The van der Waals surface area contributed by atoms with Crippen molar-refractivity contribution in [3.63, 3.8) is 0 Å². The number of carbonyl (C=O) groups is 2. The Hall–Kier alpha value is 1.14. The summed E-state index contributed by atoms with van der Waals surface area (Å²) in [4.78, 5) is 25.4. The first-order valence-electron chi connectivity index (χ1n) is 19.0. The molecule has 0 saturated heterocycles. The van der Waals surface area contributed by atoms with Gasteiger partial charge in [-0.25, -0.2) is 9.59 Å². The molecule has 0 aromatic carbocycles. The molecule has 0 aromatic rings. The molecule has 4 heterocycles. The summed E-state index contributed by atoms with van der Waals surface area (Å²) < 4.78 is 20.4. The molecule has 4 nitrogen and oxygen atoms in total. The van der Waals surface area contributed by atoms with Crippen molar-refractivity contribution in [2.75, 3.05) is 25.7 Å². The lowest BCUT2D eigenvalue weighted by Crippen LogP contribution is -2.08. The molecule has 0 bridgehead atoms. The largest absolute Gasteiger partial charge is 0.465 e. The van der Waals surface area contributed by atoms with Crippen LogP contribution in [0.5, 0.6) is 0 Å². The fourth-order valence-electron chi connectivity index (χ4n) is 5.63. The van der Waals surface area contributed by atoms with E-state index in [2.05, 4.69) is 37.4 Å². The number of thioether (sulfide) groups is 10. The first-order valence-corrected chi connectivity index (χ1v) is 27.6. The van der Waals surface area contributed by atoms with E-state index in [1.807, 2.05) is 47.0 Å². The number of hydrogen-bond acceptors (Lipinski definition) is 14. The van der Waals surface area contributed by atoms with Gasteiger partial charge < -0.3 is 9.47 Å². The van der Waals surface area contributed by atoms with Crippen molar-refractivity contribution < 1.29 is 19.1 Å². The fourth-order valence-corrected chi connectivity index (χ4v) is 21.0. The predicted molar refractivity (Wildman–Crippen MR) is 248 cm³/mol. The molecule has 0 aromatic heterocycles. The van der Waals surface area contributed by atoms with Crippen LogP contribution in [0.25, 0.3) is 0 Å². The van der Waals surface area contributed by atoms with Crippen LogP contribution in [0.2, 0.25) is 0 Å². The molecule has 4 rings (SSSR count). The van der Waals surface area contributed by atoms with Crippen molar-refractivity contribution in [1.29, 1.82) is 0 Å². The van der Waals surface area contributed by atoms with E-state index >= 15 is 0 Å². The maximum atomic E-state index is 12.4. The molecule has 0 spiro atoms. The summed E-state index contributed by atoms with van der Waals surface area (Å²) in [6.07, 6.45) is 27.6. The van der Waals surface area contributed by atoms with Gasteiger partial charge in [0.25, 0.3) is 0 Å². The van der Waals surface area contributed by atoms with Crippen LogP contribution >= 0.6 is 118 Å². The highest BCUT2D eigenvalue weighted by Gasteiger charge is 2.39. The number of unbranched alkanes of at least 4 members (excludes halogenated alkanes) is 18. The first-order chi connectivity index (χ1) is 25.5. The third-order valence-corrected chi connectivity index (χ3v) is 23.5. The Morgan fingerprint density at radius 2 is 0.673 bits per heavy atom. The van der Waals surface area contributed by atoms with Crippen molar-refractivity contribution in [2.24, 2.45) is 0 Å². The fraction of sp³-hybridized carbons (Fsp3) is 0.684. The van der Waals surface area contributed by atoms with Gasteiger partial charge in [0, 0.05) is 0 Å². The number of rotatable bonds is 26. The van der Waals surface area contributed by atoms with E-state index < -0.39 is 11.9 Å². The summed E-state index contributed by atoms with van der Waals surface area (Å²) >= 11 is 18.1. The minimum absolute atomic E-state index is 0.314. The van der Waals surface area contributed by atoms with Gasteiger partial charge in [-0.05, 0) is 24.3 Å². The third kappa shape index (κ3) is 15.5. The van der Waals surface area contributed by atoms with Crippen molar-refractivity contribution in [2.45, 2.75) is 142 Å². The van der Waals surface area contributed by atoms with Crippen molar-refractivity contribution in [1.82, 2.24) is 0 Å². The molecule has 0 atom stereocenters. The molecule has 292 valence electrons. The number of ether oxygens (including phenoxy) is 2. The zero-order valence-electron chi connectivity index (χ0n) is 31.3. The van der Waals surface area contributed by atoms with Crippen LogP contribution < -0.4 is 0 Å². The molecule has 0 unspecified atom stereocenters. The highest BCUT2D eigenvalue weighted by molar-refractivity contribution is 8.50. The monoisotopic (exact) mass is 896 g/mol. The molecule has 0 saturated carbocycles. The summed E-state index contributed by atoms with van der Waals surface area (Å²) in [6, 6.07) is 0. The smallest absolute Gasteiger partial charge is 0.346 e. The molecule has 52 heavy (non-hydrogen) atoms. The topological polar surface area (TPSA) is 52.6 Å². The standard InChI is InChI=1S/C38H56O4S10/c1-5-7-9-11-13-15-17-19-21-23-25-43-31-32(44-26-24-22-20-18-16-14-12-10-8-6-2)48-35(47-31)36-51-37-38(52-36)50-34(49-37)33-45-27(29(39)41-3)28(46-33)30(40)42-4/h5-26H2,1-4H3. The Balaban J connectivity index is 1.25. The minimum atomic E-state index is -0.496. The molecule has 4 aliphatic rings. The number of esters is 2. The van der Waals surface area contributed by atoms with Crippen LogP contribution in [0.4, 0.5) is 0 Å². The second-order valence-corrected chi connectivity index (χ2v) is 25.3. The summed E-state index contributed by atoms with van der Waals surface area (Å²) in [7, 11) is 2.69. The Morgan fingerprint density at radius 1 is 0.404 bits per heavy atom. The number of methoxy groups -OCH3 is 2. The van der Waals surface area contributed by atoms with Crippen LogP contribution in [-0.2, 0) is 19.1 Å². The second kappa shape index (κ2) is 26.9. The Morgan fingerprint density at radius 3 is 0.981 bits per heavy atom. The van der Waals surface area contributed by atoms with E-state index in [-0.39, 0.29) is 0 Å². The quantitative estimate of drug-likeness (QED) is 0.0612.